The standard InChI is InChI=1S/C26H32N8O3/c1-26(2,3)31-20-11-22(28-13-19(20)12-27)30-25(37)34-7-5-6-17-10-18(21(16-35)29-24(17)34)14-33-9-8-32(4)15-23(33)36/h10-11,13,16H,5-9,14-15H2,1-4H3,(H2,28,30,31,37). The van der Waals surface area contributed by atoms with E-state index < -0.39 is 6.03 Å². The molecule has 0 spiro atoms. The van der Waals surface area contributed by atoms with Gasteiger partial charge < -0.3 is 10.2 Å². The second-order valence-corrected chi connectivity index (χ2v) is 10.5. The van der Waals surface area contributed by atoms with Gasteiger partial charge in [-0.2, -0.15) is 5.26 Å². The fraction of sp³-hybridized carbons (Fsp3) is 0.462. The average molecular weight is 505 g/mol. The maximum absolute atomic E-state index is 13.3. The third-order valence-corrected chi connectivity index (χ3v) is 6.27. The Balaban J connectivity index is 1.56. The molecule has 4 rings (SSSR count). The van der Waals surface area contributed by atoms with Crippen molar-refractivity contribution in [1.82, 2.24) is 19.8 Å². The van der Waals surface area contributed by atoms with Crippen LogP contribution >= 0.6 is 0 Å². The fourth-order valence-corrected chi connectivity index (χ4v) is 4.48. The number of hydrogen-bond donors (Lipinski definition) is 2. The van der Waals surface area contributed by atoms with Gasteiger partial charge in [-0.25, -0.2) is 14.8 Å². The van der Waals surface area contributed by atoms with Gasteiger partial charge in [-0.05, 0) is 52.3 Å². The van der Waals surface area contributed by atoms with Crippen molar-refractivity contribution in [2.75, 3.05) is 48.8 Å². The SMILES string of the molecule is CN1CCN(Cc2cc3c(nc2C=O)N(C(=O)Nc2cc(NC(C)(C)C)c(C#N)cn2)CCC3)C(=O)C1. The molecule has 0 aromatic carbocycles. The quantitative estimate of drug-likeness (QED) is 0.594. The minimum atomic E-state index is -0.425. The van der Waals surface area contributed by atoms with Crippen LogP contribution in [0.25, 0.3) is 0 Å². The van der Waals surface area contributed by atoms with Crippen molar-refractivity contribution < 1.29 is 14.4 Å². The molecule has 11 heteroatoms. The first-order valence-corrected chi connectivity index (χ1v) is 12.3. The molecule has 0 bridgehead atoms. The number of fused-ring (bicyclic) bond motifs is 1. The summed E-state index contributed by atoms with van der Waals surface area (Å²) in [5.74, 6) is 0.740. The number of rotatable bonds is 5. The Hall–Kier alpha value is -4.04. The third kappa shape index (κ3) is 6.03. The molecule has 0 aliphatic carbocycles. The normalized spacial score (nSPS) is 16.1. The number of aromatic nitrogens is 2. The monoisotopic (exact) mass is 504 g/mol. The highest BCUT2D eigenvalue weighted by Crippen LogP contribution is 2.29. The number of amides is 3. The minimum absolute atomic E-state index is 0.0135. The zero-order valence-electron chi connectivity index (χ0n) is 21.7. The lowest BCUT2D eigenvalue weighted by Crippen LogP contribution is -2.48. The number of likely N-dealkylation sites (N-methyl/N-ethyl adjacent to an activating group) is 1. The van der Waals surface area contributed by atoms with Gasteiger partial charge in [-0.1, -0.05) is 0 Å². The van der Waals surface area contributed by atoms with E-state index in [1.54, 1.807) is 11.0 Å². The second-order valence-electron chi connectivity index (χ2n) is 10.5. The molecule has 0 radical (unpaired) electrons. The molecule has 1 fully saturated rings. The average Bonchev–Trinajstić information content (AvgIpc) is 2.84. The number of carbonyl (C=O) groups excluding carboxylic acids is 3. The number of aryl methyl sites for hydroxylation is 1. The molecule has 4 heterocycles. The van der Waals surface area contributed by atoms with Crippen molar-refractivity contribution in [3.05, 3.63) is 40.7 Å². The Morgan fingerprint density at radius 3 is 2.70 bits per heavy atom. The molecule has 11 nitrogen and oxygen atoms in total. The van der Waals surface area contributed by atoms with Gasteiger partial charge in [0, 0.05) is 49.5 Å². The Kier molecular flexibility index (Phi) is 7.40. The topological polar surface area (TPSA) is 135 Å². The van der Waals surface area contributed by atoms with E-state index in [0.29, 0.717) is 67.3 Å². The van der Waals surface area contributed by atoms with E-state index in [2.05, 4.69) is 26.7 Å². The molecule has 0 saturated carbocycles. The molecule has 1 saturated heterocycles. The van der Waals surface area contributed by atoms with Crippen LogP contribution in [0.2, 0.25) is 0 Å². The number of urea groups is 1. The van der Waals surface area contributed by atoms with E-state index in [-0.39, 0.29) is 17.1 Å². The summed E-state index contributed by atoms with van der Waals surface area (Å²) in [6.45, 7) is 8.37. The summed E-state index contributed by atoms with van der Waals surface area (Å²) < 4.78 is 0. The molecule has 37 heavy (non-hydrogen) atoms. The van der Waals surface area contributed by atoms with E-state index in [1.165, 1.54) is 11.1 Å². The number of hydrogen-bond acceptors (Lipinski definition) is 8. The van der Waals surface area contributed by atoms with Crippen LogP contribution in [-0.2, 0) is 17.8 Å². The van der Waals surface area contributed by atoms with Crippen LogP contribution in [0.3, 0.4) is 0 Å². The number of nitrogens with zero attached hydrogens (tertiary/aromatic N) is 6. The third-order valence-electron chi connectivity index (χ3n) is 6.27. The van der Waals surface area contributed by atoms with Gasteiger partial charge in [0.05, 0.1) is 17.8 Å². The molecule has 2 aromatic rings. The molecule has 3 amide bonds. The van der Waals surface area contributed by atoms with Crippen LogP contribution in [0.5, 0.6) is 0 Å². The molecule has 2 aliphatic rings. The number of nitrogens with one attached hydrogen (secondary N) is 2. The van der Waals surface area contributed by atoms with Crippen molar-refractivity contribution in [2.24, 2.45) is 0 Å². The van der Waals surface area contributed by atoms with E-state index in [4.69, 9.17) is 0 Å². The fourth-order valence-electron chi connectivity index (χ4n) is 4.48. The van der Waals surface area contributed by atoms with Crippen molar-refractivity contribution in [2.45, 2.75) is 45.7 Å². The Morgan fingerprint density at radius 1 is 1.24 bits per heavy atom. The summed E-state index contributed by atoms with van der Waals surface area (Å²) in [6, 6.07) is 5.21. The Labute approximate surface area is 216 Å². The Morgan fingerprint density at radius 2 is 2.03 bits per heavy atom. The van der Waals surface area contributed by atoms with Crippen LogP contribution in [0.15, 0.2) is 18.3 Å². The summed E-state index contributed by atoms with van der Waals surface area (Å²) in [4.78, 5) is 51.6. The van der Waals surface area contributed by atoms with Gasteiger partial charge in [0.15, 0.2) is 6.29 Å². The van der Waals surface area contributed by atoms with Crippen molar-refractivity contribution in [3.63, 3.8) is 0 Å². The second kappa shape index (κ2) is 10.5. The first-order chi connectivity index (χ1) is 17.6. The maximum atomic E-state index is 13.3. The smallest absolute Gasteiger partial charge is 0.328 e. The predicted octanol–water partition coefficient (Wildman–Crippen LogP) is 2.63. The van der Waals surface area contributed by atoms with Crippen molar-refractivity contribution in [3.8, 4) is 6.07 Å². The molecule has 2 N–H and O–H groups in total. The molecule has 194 valence electrons. The first-order valence-electron chi connectivity index (χ1n) is 12.3. The lowest BCUT2D eigenvalue weighted by molar-refractivity contribution is -0.136. The van der Waals surface area contributed by atoms with Crippen molar-refractivity contribution in [1.29, 1.82) is 5.26 Å². The zero-order valence-corrected chi connectivity index (χ0v) is 21.7. The van der Waals surface area contributed by atoms with E-state index in [9.17, 15) is 19.6 Å². The summed E-state index contributed by atoms with van der Waals surface area (Å²) in [5.41, 5.74) is 2.41. The number of anilines is 3. The molecule has 0 atom stereocenters. The van der Waals surface area contributed by atoms with Crippen LogP contribution < -0.4 is 15.5 Å². The van der Waals surface area contributed by atoms with Gasteiger partial charge in [0.2, 0.25) is 5.91 Å². The van der Waals surface area contributed by atoms with Crippen LogP contribution in [0, 0.1) is 11.3 Å². The highest BCUT2D eigenvalue weighted by molar-refractivity contribution is 6.02. The highest BCUT2D eigenvalue weighted by atomic mass is 16.2. The number of pyridine rings is 2. The lowest BCUT2D eigenvalue weighted by atomic mass is 10.0. The van der Waals surface area contributed by atoms with E-state index in [1.807, 2.05) is 38.8 Å². The summed E-state index contributed by atoms with van der Waals surface area (Å²) in [5, 5.41) is 15.5. The number of nitriles is 1. The summed E-state index contributed by atoms with van der Waals surface area (Å²) in [7, 11) is 1.90. The number of aldehydes is 1. The minimum Gasteiger partial charge on any atom is -0.379 e. The summed E-state index contributed by atoms with van der Waals surface area (Å²) >= 11 is 0. The molecular formula is C26H32N8O3. The maximum Gasteiger partial charge on any atom is 0.328 e. The van der Waals surface area contributed by atoms with Gasteiger partial charge in [0.25, 0.3) is 0 Å². The zero-order chi connectivity index (χ0) is 26.7. The van der Waals surface area contributed by atoms with Crippen LogP contribution in [0.4, 0.5) is 22.1 Å². The highest BCUT2D eigenvalue weighted by Gasteiger charge is 2.28. The van der Waals surface area contributed by atoms with Gasteiger partial charge in [0.1, 0.15) is 23.4 Å². The van der Waals surface area contributed by atoms with Gasteiger partial charge in [-0.15, -0.1) is 0 Å². The molecule has 0 unspecified atom stereocenters. The summed E-state index contributed by atoms with van der Waals surface area (Å²) in [6.07, 6.45) is 3.53. The van der Waals surface area contributed by atoms with E-state index in [0.717, 1.165) is 18.5 Å². The lowest BCUT2D eigenvalue weighted by Gasteiger charge is -2.33. The number of piperazine rings is 1. The largest absolute Gasteiger partial charge is 0.379 e. The first kappa shape index (κ1) is 26.0. The van der Waals surface area contributed by atoms with Gasteiger partial charge in [-0.3, -0.25) is 24.7 Å². The molecule has 2 aliphatic heterocycles. The predicted molar refractivity (Wildman–Crippen MR) is 140 cm³/mol. The number of carbonyl (C=O) groups is 3. The molecule has 2 aromatic heterocycles. The van der Waals surface area contributed by atoms with Crippen molar-refractivity contribution >= 4 is 35.5 Å². The van der Waals surface area contributed by atoms with Crippen LogP contribution in [0.1, 0.15) is 54.4 Å². The van der Waals surface area contributed by atoms with E-state index >= 15 is 0 Å². The molecular weight excluding hydrogens is 472 g/mol. The Bertz CT molecular complexity index is 1260. The van der Waals surface area contributed by atoms with Crippen LogP contribution in [-0.4, -0.2) is 76.8 Å². The van der Waals surface area contributed by atoms with Gasteiger partial charge >= 0.3 is 6.03 Å².